The number of halogens is 1. The van der Waals surface area contributed by atoms with Crippen molar-refractivity contribution in [1.82, 2.24) is 5.16 Å². The zero-order valence-corrected chi connectivity index (χ0v) is 7.95. The lowest BCUT2D eigenvalue weighted by Gasteiger charge is -1.96. The predicted octanol–water partition coefficient (Wildman–Crippen LogP) is 2.99. The van der Waals surface area contributed by atoms with Crippen LogP contribution in [0.2, 0.25) is 5.02 Å². The van der Waals surface area contributed by atoms with Gasteiger partial charge in [0.15, 0.2) is 0 Å². The van der Waals surface area contributed by atoms with E-state index < -0.39 is 0 Å². The maximum atomic E-state index is 7.14. The van der Waals surface area contributed by atoms with Crippen molar-refractivity contribution in [2.75, 3.05) is 0 Å². The molecule has 0 unspecified atom stereocenters. The van der Waals surface area contributed by atoms with E-state index in [-0.39, 0.29) is 0 Å². The highest BCUT2D eigenvalue weighted by molar-refractivity contribution is 6.30. The molecule has 1 N–H and O–H groups in total. The number of rotatable bonds is 2. The first-order valence-corrected chi connectivity index (χ1v) is 4.40. The highest BCUT2D eigenvalue weighted by atomic mass is 35.5. The average Bonchev–Trinajstić information content (AvgIpc) is 2.67. The van der Waals surface area contributed by atoms with E-state index in [1.54, 1.807) is 12.1 Å². The third-order valence-corrected chi connectivity index (χ3v) is 2.12. The van der Waals surface area contributed by atoms with Crippen molar-refractivity contribution >= 4 is 17.8 Å². The molecule has 0 fully saturated rings. The second-order valence-electron chi connectivity index (χ2n) is 2.77. The minimum Gasteiger partial charge on any atom is -0.363 e. The summed E-state index contributed by atoms with van der Waals surface area (Å²) in [5.74, 6) is 0. The van der Waals surface area contributed by atoms with Gasteiger partial charge in [0.25, 0.3) is 0 Å². The van der Waals surface area contributed by atoms with Crippen LogP contribution in [-0.2, 0) is 0 Å². The number of aromatic nitrogens is 1. The Hall–Kier alpha value is -1.61. The molecule has 0 atom stereocenters. The van der Waals surface area contributed by atoms with Gasteiger partial charge in [0.05, 0.1) is 5.56 Å². The fraction of sp³-hybridized carbons (Fsp3) is 0. The van der Waals surface area contributed by atoms with E-state index in [1.807, 2.05) is 12.1 Å². The van der Waals surface area contributed by atoms with Gasteiger partial charge in [-0.1, -0.05) is 28.9 Å². The molecule has 0 bridgehead atoms. The van der Waals surface area contributed by atoms with Crippen LogP contribution in [-0.4, -0.2) is 11.4 Å². The van der Waals surface area contributed by atoms with Gasteiger partial charge in [-0.15, -0.1) is 0 Å². The SMILES string of the molecule is N=Cc1conc1-c1ccc(Cl)cc1. The summed E-state index contributed by atoms with van der Waals surface area (Å²) in [5.41, 5.74) is 2.21. The van der Waals surface area contributed by atoms with Gasteiger partial charge in [-0.05, 0) is 12.1 Å². The van der Waals surface area contributed by atoms with Crippen molar-refractivity contribution in [2.45, 2.75) is 0 Å². The van der Waals surface area contributed by atoms with Crippen molar-refractivity contribution in [2.24, 2.45) is 0 Å². The van der Waals surface area contributed by atoms with E-state index in [2.05, 4.69) is 5.16 Å². The number of hydrogen-bond acceptors (Lipinski definition) is 3. The molecule has 0 saturated carbocycles. The minimum absolute atomic E-state index is 0.660. The van der Waals surface area contributed by atoms with Crippen LogP contribution in [0.1, 0.15) is 5.56 Å². The zero-order chi connectivity index (χ0) is 9.97. The lowest BCUT2D eigenvalue weighted by Crippen LogP contribution is -1.83. The van der Waals surface area contributed by atoms with E-state index >= 15 is 0 Å². The molecule has 14 heavy (non-hydrogen) atoms. The Morgan fingerprint density at radius 2 is 2.00 bits per heavy atom. The smallest absolute Gasteiger partial charge is 0.133 e. The molecule has 4 heteroatoms. The quantitative estimate of drug-likeness (QED) is 0.768. The third kappa shape index (κ3) is 1.54. The molecule has 70 valence electrons. The Kier molecular flexibility index (Phi) is 2.33. The van der Waals surface area contributed by atoms with Crippen LogP contribution in [0.15, 0.2) is 35.1 Å². The summed E-state index contributed by atoms with van der Waals surface area (Å²) in [7, 11) is 0. The molecule has 2 rings (SSSR count). The van der Waals surface area contributed by atoms with Crippen LogP contribution in [0.25, 0.3) is 11.3 Å². The largest absolute Gasteiger partial charge is 0.363 e. The Labute approximate surface area is 85.8 Å². The molecular weight excluding hydrogens is 200 g/mol. The topological polar surface area (TPSA) is 49.9 Å². The van der Waals surface area contributed by atoms with Crippen molar-refractivity contribution in [3.63, 3.8) is 0 Å². The Morgan fingerprint density at radius 1 is 1.29 bits per heavy atom. The van der Waals surface area contributed by atoms with Crippen LogP contribution in [0.3, 0.4) is 0 Å². The molecule has 0 amide bonds. The van der Waals surface area contributed by atoms with Gasteiger partial charge in [-0.3, -0.25) is 0 Å². The van der Waals surface area contributed by atoms with Gasteiger partial charge in [0, 0.05) is 16.8 Å². The molecule has 0 saturated heterocycles. The van der Waals surface area contributed by atoms with Gasteiger partial charge in [-0.25, -0.2) is 0 Å². The average molecular weight is 207 g/mol. The molecule has 3 nitrogen and oxygen atoms in total. The lowest BCUT2D eigenvalue weighted by atomic mass is 10.1. The number of nitrogens with zero attached hydrogens (tertiary/aromatic N) is 1. The normalized spacial score (nSPS) is 10.1. The van der Waals surface area contributed by atoms with Gasteiger partial charge >= 0.3 is 0 Å². The fourth-order valence-corrected chi connectivity index (χ4v) is 1.30. The van der Waals surface area contributed by atoms with E-state index in [0.29, 0.717) is 16.3 Å². The molecule has 0 spiro atoms. The summed E-state index contributed by atoms with van der Waals surface area (Å²) in [4.78, 5) is 0. The summed E-state index contributed by atoms with van der Waals surface area (Å²) >= 11 is 5.76. The molecule has 0 radical (unpaired) electrons. The standard InChI is InChI=1S/C10H7ClN2O/c11-9-3-1-7(2-4-9)10-8(5-12)6-14-13-10/h1-6,12H. The Balaban J connectivity index is 2.49. The summed E-state index contributed by atoms with van der Waals surface area (Å²) in [6.45, 7) is 0. The number of nitrogens with one attached hydrogen (secondary N) is 1. The van der Waals surface area contributed by atoms with Crippen LogP contribution in [0.5, 0.6) is 0 Å². The second kappa shape index (κ2) is 3.64. The Morgan fingerprint density at radius 3 is 2.64 bits per heavy atom. The predicted molar refractivity (Wildman–Crippen MR) is 54.8 cm³/mol. The highest BCUT2D eigenvalue weighted by Crippen LogP contribution is 2.22. The van der Waals surface area contributed by atoms with Gasteiger partial charge in [0.1, 0.15) is 12.0 Å². The monoisotopic (exact) mass is 206 g/mol. The Bertz CT molecular complexity index is 447. The molecule has 0 aliphatic carbocycles. The molecule has 0 aliphatic heterocycles. The number of hydrogen-bond donors (Lipinski definition) is 1. The van der Waals surface area contributed by atoms with Gasteiger partial charge in [0.2, 0.25) is 0 Å². The maximum Gasteiger partial charge on any atom is 0.133 e. The van der Waals surface area contributed by atoms with Gasteiger partial charge < -0.3 is 9.93 Å². The second-order valence-corrected chi connectivity index (χ2v) is 3.21. The van der Waals surface area contributed by atoms with E-state index in [4.69, 9.17) is 21.5 Å². The summed E-state index contributed by atoms with van der Waals surface area (Å²) in [5, 5.41) is 11.6. The zero-order valence-electron chi connectivity index (χ0n) is 7.20. The van der Waals surface area contributed by atoms with E-state index in [9.17, 15) is 0 Å². The first-order valence-electron chi connectivity index (χ1n) is 4.02. The molecule has 0 aliphatic rings. The van der Waals surface area contributed by atoms with Crippen molar-refractivity contribution in [3.8, 4) is 11.3 Å². The summed E-state index contributed by atoms with van der Waals surface area (Å²) in [6.07, 6.45) is 2.65. The van der Waals surface area contributed by atoms with Crippen molar-refractivity contribution in [3.05, 3.63) is 41.1 Å². The van der Waals surface area contributed by atoms with E-state index in [1.165, 1.54) is 12.5 Å². The highest BCUT2D eigenvalue weighted by Gasteiger charge is 2.07. The maximum absolute atomic E-state index is 7.14. The molecule has 1 heterocycles. The van der Waals surface area contributed by atoms with Crippen molar-refractivity contribution in [1.29, 1.82) is 5.41 Å². The first-order chi connectivity index (χ1) is 6.81. The number of benzene rings is 1. The van der Waals surface area contributed by atoms with Gasteiger partial charge in [-0.2, -0.15) is 0 Å². The first kappa shape index (κ1) is 8.97. The molecular formula is C10H7ClN2O. The summed E-state index contributed by atoms with van der Waals surface area (Å²) < 4.78 is 4.79. The third-order valence-electron chi connectivity index (χ3n) is 1.87. The summed E-state index contributed by atoms with van der Waals surface area (Å²) in [6, 6.07) is 7.24. The van der Waals surface area contributed by atoms with Crippen molar-refractivity contribution < 1.29 is 4.52 Å². The molecule has 1 aromatic heterocycles. The molecule has 1 aromatic carbocycles. The van der Waals surface area contributed by atoms with Crippen LogP contribution < -0.4 is 0 Å². The minimum atomic E-state index is 0.660. The fourth-order valence-electron chi connectivity index (χ4n) is 1.17. The van der Waals surface area contributed by atoms with Crippen LogP contribution in [0, 0.1) is 5.41 Å². The van der Waals surface area contributed by atoms with E-state index in [0.717, 1.165) is 5.56 Å². The van der Waals surface area contributed by atoms with Crippen LogP contribution >= 0.6 is 11.6 Å². The van der Waals surface area contributed by atoms with Crippen LogP contribution in [0.4, 0.5) is 0 Å². The lowest BCUT2D eigenvalue weighted by molar-refractivity contribution is 0.422. The molecule has 2 aromatic rings.